The topological polar surface area (TPSA) is 55.6 Å². The van der Waals surface area contributed by atoms with Crippen molar-refractivity contribution < 1.29 is 9.53 Å². The van der Waals surface area contributed by atoms with Crippen LogP contribution in [0.1, 0.15) is 12.5 Å². The van der Waals surface area contributed by atoms with Crippen LogP contribution in [0.3, 0.4) is 0 Å². The van der Waals surface area contributed by atoms with E-state index in [9.17, 15) is 4.79 Å². The second kappa shape index (κ2) is 5.19. The summed E-state index contributed by atoms with van der Waals surface area (Å²) < 4.78 is 5.32. The van der Waals surface area contributed by atoms with Gasteiger partial charge in [0.2, 0.25) is 5.91 Å². The molecule has 4 heteroatoms. The van der Waals surface area contributed by atoms with Gasteiger partial charge in [-0.2, -0.15) is 0 Å². The van der Waals surface area contributed by atoms with Gasteiger partial charge in [-0.05, 0) is 18.6 Å². The molecule has 0 bridgehead atoms. The Morgan fingerprint density at radius 3 is 3.00 bits per heavy atom. The largest absolute Gasteiger partial charge is 0.398 e. The molecule has 1 aliphatic rings. The third-order valence-electron chi connectivity index (χ3n) is 3.08. The van der Waals surface area contributed by atoms with Gasteiger partial charge in [-0.25, -0.2) is 0 Å². The summed E-state index contributed by atoms with van der Waals surface area (Å²) in [5.74, 6) is 0.124. The van der Waals surface area contributed by atoms with E-state index in [0.29, 0.717) is 31.9 Å². The Labute approximate surface area is 101 Å². The van der Waals surface area contributed by atoms with Gasteiger partial charge < -0.3 is 15.4 Å². The van der Waals surface area contributed by atoms with Crippen LogP contribution in [0.4, 0.5) is 5.69 Å². The average molecular weight is 234 g/mol. The van der Waals surface area contributed by atoms with Crippen molar-refractivity contribution in [1.82, 2.24) is 4.90 Å². The molecule has 1 aromatic carbocycles. The van der Waals surface area contributed by atoms with Gasteiger partial charge in [0, 0.05) is 12.2 Å². The summed E-state index contributed by atoms with van der Waals surface area (Å²) in [6.45, 7) is 3.93. The lowest BCUT2D eigenvalue weighted by Gasteiger charge is -2.33. The van der Waals surface area contributed by atoms with Crippen LogP contribution in [-0.4, -0.2) is 36.6 Å². The number of para-hydroxylation sites is 1. The first-order chi connectivity index (χ1) is 8.18. The number of rotatable bonds is 2. The van der Waals surface area contributed by atoms with E-state index in [0.717, 1.165) is 5.56 Å². The Bertz CT molecular complexity index is 406. The Kier molecular flexibility index (Phi) is 3.64. The second-order valence-electron chi connectivity index (χ2n) is 4.39. The van der Waals surface area contributed by atoms with E-state index in [1.807, 2.05) is 36.1 Å². The SMILES string of the molecule is C[C@@H]1COCCN1C(=O)Cc1ccccc1N. The highest BCUT2D eigenvalue weighted by Gasteiger charge is 2.23. The molecule has 0 aromatic heterocycles. The lowest BCUT2D eigenvalue weighted by molar-refractivity contribution is -0.138. The first-order valence-electron chi connectivity index (χ1n) is 5.89. The Balaban J connectivity index is 2.03. The molecule has 2 rings (SSSR count). The lowest BCUT2D eigenvalue weighted by Crippen LogP contribution is -2.47. The van der Waals surface area contributed by atoms with E-state index in [1.165, 1.54) is 0 Å². The fraction of sp³-hybridized carbons (Fsp3) is 0.462. The second-order valence-corrected chi connectivity index (χ2v) is 4.39. The summed E-state index contributed by atoms with van der Waals surface area (Å²) in [7, 11) is 0. The maximum atomic E-state index is 12.1. The predicted molar refractivity (Wildman–Crippen MR) is 66.6 cm³/mol. The monoisotopic (exact) mass is 234 g/mol. The third-order valence-corrected chi connectivity index (χ3v) is 3.08. The zero-order valence-electron chi connectivity index (χ0n) is 10.1. The number of anilines is 1. The van der Waals surface area contributed by atoms with Gasteiger partial charge in [0.15, 0.2) is 0 Å². The van der Waals surface area contributed by atoms with Crippen LogP contribution in [0, 0.1) is 0 Å². The molecule has 92 valence electrons. The molecule has 4 nitrogen and oxygen atoms in total. The number of hydrogen-bond acceptors (Lipinski definition) is 3. The minimum Gasteiger partial charge on any atom is -0.398 e. The average Bonchev–Trinajstić information content (AvgIpc) is 2.32. The third kappa shape index (κ3) is 2.77. The van der Waals surface area contributed by atoms with Gasteiger partial charge in [-0.1, -0.05) is 18.2 Å². The van der Waals surface area contributed by atoms with Crippen LogP contribution in [0.5, 0.6) is 0 Å². The van der Waals surface area contributed by atoms with E-state index in [-0.39, 0.29) is 11.9 Å². The molecule has 1 saturated heterocycles. The molecule has 1 aromatic rings. The molecule has 0 spiro atoms. The van der Waals surface area contributed by atoms with E-state index < -0.39 is 0 Å². The number of nitrogens with zero attached hydrogens (tertiary/aromatic N) is 1. The first-order valence-corrected chi connectivity index (χ1v) is 5.89. The number of amides is 1. The van der Waals surface area contributed by atoms with Crippen LogP contribution in [0.2, 0.25) is 0 Å². The van der Waals surface area contributed by atoms with Crippen molar-refractivity contribution in [3.05, 3.63) is 29.8 Å². The molecule has 1 amide bonds. The van der Waals surface area contributed by atoms with E-state index in [1.54, 1.807) is 0 Å². The van der Waals surface area contributed by atoms with Gasteiger partial charge in [-0.15, -0.1) is 0 Å². The van der Waals surface area contributed by atoms with E-state index in [2.05, 4.69) is 0 Å². The maximum Gasteiger partial charge on any atom is 0.227 e. The summed E-state index contributed by atoms with van der Waals surface area (Å²) in [6, 6.07) is 7.66. The molecular weight excluding hydrogens is 216 g/mol. The summed E-state index contributed by atoms with van der Waals surface area (Å²) >= 11 is 0. The highest BCUT2D eigenvalue weighted by atomic mass is 16.5. The van der Waals surface area contributed by atoms with Crippen molar-refractivity contribution in [2.24, 2.45) is 0 Å². The quantitative estimate of drug-likeness (QED) is 0.778. The number of hydrogen-bond donors (Lipinski definition) is 1. The standard InChI is InChI=1S/C13H18N2O2/c1-10-9-17-7-6-15(10)13(16)8-11-4-2-3-5-12(11)14/h2-5,10H,6-9,14H2,1H3/t10-/m1/s1. The Hall–Kier alpha value is -1.55. The Morgan fingerprint density at radius 2 is 2.29 bits per heavy atom. The van der Waals surface area contributed by atoms with Crippen LogP contribution in [-0.2, 0) is 16.0 Å². The molecule has 0 unspecified atom stereocenters. The van der Waals surface area contributed by atoms with Gasteiger partial charge in [-0.3, -0.25) is 4.79 Å². The van der Waals surface area contributed by atoms with Crippen molar-refractivity contribution >= 4 is 11.6 Å². The van der Waals surface area contributed by atoms with Gasteiger partial charge in [0.25, 0.3) is 0 Å². The number of carbonyl (C=O) groups is 1. The van der Waals surface area contributed by atoms with E-state index in [4.69, 9.17) is 10.5 Å². The van der Waals surface area contributed by atoms with E-state index >= 15 is 0 Å². The molecule has 2 N–H and O–H groups in total. The van der Waals surface area contributed by atoms with Crippen LogP contribution < -0.4 is 5.73 Å². The predicted octanol–water partition coefficient (Wildman–Crippen LogP) is 1.06. The van der Waals surface area contributed by atoms with Crippen molar-refractivity contribution in [3.63, 3.8) is 0 Å². The number of morpholine rings is 1. The Morgan fingerprint density at radius 1 is 1.53 bits per heavy atom. The minimum absolute atomic E-state index is 0.124. The summed E-state index contributed by atoms with van der Waals surface area (Å²) in [5, 5.41) is 0. The smallest absolute Gasteiger partial charge is 0.227 e. The van der Waals surface area contributed by atoms with Crippen molar-refractivity contribution in [3.8, 4) is 0 Å². The van der Waals surface area contributed by atoms with Crippen molar-refractivity contribution in [2.45, 2.75) is 19.4 Å². The fourth-order valence-corrected chi connectivity index (χ4v) is 2.06. The number of benzene rings is 1. The van der Waals surface area contributed by atoms with Gasteiger partial charge in [0.1, 0.15) is 0 Å². The summed E-state index contributed by atoms with van der Waals surface area (Å²) in [6.07, 6.45) is 0.372. The normalized spacial score (nSPS) is 20.3. The minimum atomic E-state index is 0.124. The number of ether oxygens (including phenoxy) is 1. The molecule has 0 saturated carbocycles. The van der Waals surface area contributed by atoms with Gasteiger partial charge in [0.05, 0.1) is 25.7 Å². The molecule has 17 heavy (non-hydrogen) atoms. The zero-order valence-corrected chi connectivity index (χ0v) is 10.1. The highest BCUT2D eigenvalue weighted by molar-refractivity contribution is 5.80. The molecule has 0 aliphatic carbocycles. The highest BCUT2D eigenvalue weighted by Crippen LogP contribution is 2.14. The fourth-order valence-electron chi connectivity index (χ4n) is 2.06. The molecule has 1 heterocycles. The lowest BCUT2D eigenvalue weighted by atomic mass is 10.1. The molecule has 1 aliphatic heterocycles. The number of carbonyl (C=O) groups excluding carboxylic acids is 1. The molecule has 1 atom stereocenters. The van der Waals surface area contributed by atoms with Crippen molar-refractivity contribution in [2.75, 3.05) is 25.5 Å². The van der Waals surface area contributed by atoms with Crippen LogP contribution in [0.15, 0.2) is 24.3 Å². The van der Waals surface area contributed by atoms with Crippen molar-refractivity contribution in [1.29, 1.82) is 0 Å². The maximum absolute atomic E-state index is 12.1. The van der Waals surface area contributed by atoms with Gasteiger partial charge >= 0.3 is 0 Å². The molecule has 1 fully saturated rings. The molecule has 0 radical (unpaired) electrons. The number of nitrogen functional groups attached to an aromatic ring is 1. The summed E-state index contributed by atoms with van der Waals surface area (Å²) in [4.78, 5) is 14.0. The first kappa shape index (κ1) is 11.9. The number of nitrogens with two attached hydrogens (primary N) is 1. The van der Waals surface area contributed by atoms with Crippen LogP contribution in [0.25, 0.3) is 0 Å². The molecular formula is C13H18N2O2. The van der Waals surface area contributed by atoms with Crippen LogP contribution >= 0.6 is 0 Å². The zero-order chi connectivity index (χ0) is 12.3. The summed E-state index contributed by atoms with van der Waals surface area (Å²) in [5.41, 5.74) is 7.42.